The lowest BCUT2D eigenvalue weighted by atomic mass is 9.80. The van der Waals surface area contributed by atoms with Gasteiger partial charge in [0.15, 0.2) is 11.6 Å². The van der Waals surface area contributed by atoms with Crippen molar-refractivity contribution < 1.29 is 23.5 Å². The van der Waals surface area contributed by atoms with Crippen molar-refractivity contribution in [2.75, 3.05) is 24.7 Å². The summed E-state index contributed by atoms with van der Waals surface area (Å²) in [7, 11) is 1.77. The van der Waals surface area contributed by atoms with Crippen LogP contribution >= 0.6 is 0 Å². The molecule has 0 unspecified atom stereocenters. The summed E-state index contributed by atoms with van der Waals surface area (Å²) in [6.07, 6.45) is 3.30. The van der Waals surface area contributed by atoms with Gasteiger partial charge in [-0.1, -0.05) is 0 Å². The number of anilines is 1. The van der Waals surface area contributed by atoms with Gasteiger partial charge in [0.1, 0.15) is 5.82 Å². The SMILES string of the molecule is Cn1nc(N2CCC(=O)NC2=O)c2cc(F)c(C3CCC4(CC3)OCCO4)cc21. The van der Waals surface area contributed by atoms with Crippen LogP contribution in [0.4, 0.5) is 15.0 Å². The molecular weight excluding hydrogens is 379 g/mol. The van der Waals surface area contributed by atoms with E-state index in [2.05, 4.69) is 10.4 Å². The van der Waals surface area contributed by atoms with Crippen LogP contribution in [-0.2, 0) is 21.3 Å². The highest BCUT2D eigenvalue weighted by Crippen LogP contribution is 2.44. The third kappa shape index (κ3) is 3.08. The summed E-state index contributed by atoms with van der Waals surface area (Å²) in [5.74, 6) is -0.629. The van der Waals surface area contributed by atoms with Crippen LogP contribution in [0.5, 0.6) is 0 Å². The van der Waals surface area contributed by atoms with Gasteiger partial charge in [-0.2, -0.15) is 5.10 Å². The molecule has 3 amide bonds. The van der Waals surface area contributed by atoms with Crippen molar-refractivity contribution >= 4 is 28.7 Å². The lowest BCUT2D eigenvalue weighted by Gasteiger charge is -2.35. The first-order valence-corrected chi connectivity index (χ1v) is 10.0. The van der Waals surface area contributed by atoms with E-state index in [1.165, 1.54) is 11.0 Å². The molecule has 1 aromatic carbocycles. The second-order valence-corrected chi connectivity index (χ2v) is 7.97. The summed E-state index contributed by atoms with van der Waals surface area (Å²) in [6, 6.07) is 2.77. The van der Waals surface area contributed by atoms with Crippen LogP contribution in [-0.4, -0.2) is 47.3 Å². The van der Waals surface area contributed by atoms with Gasteiger partial charge in [0.05, 0.1) is 18.7 Å². The monoisotopic (exact) mass is 402 g/mol. The van der Waals surface area contributed by atoms with Crippen LogP contribution in [0, 0.1) is 5.82 Å². The summed E-state index contributed by atoms with van der Waals surface area (Å²) in [6.45, 7) is 1.47. The molecule has 3 heterocycles. The topological polar surface area (TPSA) is 85.7 Å². The minimum Gasteiger partial charge on any atom is -0.348 e. The van der Waals surface area contributed by atoms with Crippen LogP contribution in [0.2, 0.25) is 0 Å². The van der Waals surface area contributed by atoms with Gasteiger partial charge in [0, 0.05) is 38.2 Å². The Morgan fingerprint density at radius 2 is 1.93 bits per heavy atom. The maximum Gasteiger partial charge on any atom is 0.329 e. The number of aromatic nitrogens is 2. The normalized spacial score (nSPS) is 22.6. The maximum absolute atomic E-state index is 15.1. The lowest BCUT2D eigenvalue weighted by Crippen LogP contribution is -2.49. The lowest BCUT2D eigenvalue weighted by molar-refractivity contribution is -0.178. The first kappa shape index (κ1) is 18.5. The Morgan fingerprint density at radius 3 is 2.62 bits per heavy atom. The molecule has 154 valence electrons. The predicted octanol–water partition coefficient (Wildman–Crippen LogP) is 2.56. The molecule has 0 bridgehead atoms. The molecule has 1 aliphatic carbocycles. The van der Waals surface area contributed by atoms with E-state index in [-0.39, 0.29) is 30.6 Å². The molecule has 9 heteroatoms. The number of aryl methyl sites for hydroxylation is 1. The fraction of sp³-hybridized carbons (Fsp3) is 0.550. The van der Waals surface area contributed by atoms with Crippen LogP contribution in [0.15, 0.2) is 12.1 Å². The number of imide groups is 1. The van der Waals surface area contributed by atoms with Gasteiger partial charge in [-0.25, -0.2) is 9.18 Å². The second-order valence-electron chi connectivity index (χ2n) is 7.97. The molecular formula is C20H23FN4O4. The molecule has 1 saturated carbocycles. The standard InChI is InChI=1S/C20H23FN4O4/c1-24-16-11-13(12-2-5-20(6-3-12)28-8-9-29-20)15(21)10-14(16)18(23-24)25-7-4-17(26)22-19(25)27/h10-12H,2-9H2,1H3,(H,22,26,27). The summed E-state index contributed by atoms with van der Waals surface area (Å²) < 4.78 is 28.3. The molecule has 1 aromatic heterocycles. The number of carbonyl (C=O) groups excluding carboxylic acids is 2. The number of nitrogens with zero attached hydrogens (tertiary/aromatic N) is 3. The van der Waals surface area contributed by atoms with Crippen LogP contribution < -0.4 is 10.2 Å². The summed E-state index contributed by atoms with van der Waals surface area (Å²) >= 11 is 0. The number of amides is 3. The largest absolute Gasteiger partial charge is 0.348 e. The van der Waals surface area contributed by atoms with E-state index in [0.717, 1.165) is 31.2 Å². The van der Waals surface area contributed by atoms with Gasteiger partial charge in [0.25, 0.3) is 0 Å². The van der Waals surface area contributed by atoms with Gasteiger partial charge < -0.3 is 9.47 Å². The molecule has 0 radical (unpaired) electrons. The highest BCUT2D eigenvalue weighted by atomic mass is 19.1. The fourth-order valence-corrected chi connectivity index (χ4v) is 4.71. The minimum absolute atomic E-state index is 0.0899. The fourth-order valence-electron chi connectivity index (χ4n) is 4.71. The average molecular weight is 402 g/mol. The molecule has 8 nitrogen and oxygen atoms in total. The van der Waals surface area contributed by atoms with Crippen molar-refractivity contribution in [1.29, 1.82) is 0 Å². The highest BCUT2D eigenvalue weighted by Gasteiger charge is 2.41. The van der Waals surface area contributed by atoms with E-state index in [1.54, 1.807) is 11.7 Å². The molecule has 1 N–H and O–H groups in total. The number of benzene rings is 1. The molecule has 3 fully saturated rings. The Balaban J connectivity index is 1.45. The smallest absolute Gasteiger partial charge is 0.329 e. The summed E-state index contributed by atoms with van der Waals surface area (Å²) in [5.41, 5.74) is 1.42. The van der Waals surface area contributed by atoms with E-state index in [0.29, 0.717) is 30.0 Å². The van der Waals surface area contributed by atoms with Crippen molar-refractivity contribution in [3.8, 4) is 0 Å². The summed E-state index contributed by atoms with van der Waals surface area (Å²) in [4.78, 5) is 25.0. The van der Waals surface area contributed by atoms with Crippen molar-refractivity contribution in [3.05, 3.63) is 23.5 Å². The highest BCUT2D eigenvalue weighted by molar-refractivity contribution is 6.08. The number of nitrogens with one attached hydrogen (secondary N) is 1. The third-order valence-electron chi connectivity index (χ3n) is 6.26. The van der Waals surface area contributed by atoms with Crippen molar-refractivity contribution in [2.45, 2.75) is 43.8 Å². The predicted molar refractivity (Wildman–Crippen MR) is 102 cm³/mol. The Hall–Kier alpha value is -2.52. The van der Waals surface area contributed by atoms with Gasteiger partial charge in [-0.05, 0) is 36.5 Å². The van der Waals surface area contributed by atoms with E-state index < -0.39 is 11.8 Å². The second kappa shape index (κ2) is 6.77. The minimum atomic E-state index is -0.528. The number of halogens is 1. The Bertz CT molecular complexity index is 988. The van der Waals surface area contributed by atoms with Gasteiger partial charge in [0.2, 0.25) is 5.91 Å². The van der Waals surface area contributed by atoms with Crippen LogP contribution in [0.25, 0.3) is 10.9 Å². The molecule has 29 heavy (non-hydrogen) atoms. The molecule has 2 aromatic rings. The van der Waals surface area contributed by atoms with Crippen LogP contribution in [0.1, 0.15) is 43.6 Å². The molecule has 1 spiro atoms. The first-order valence-electron chi connectivity index (χ1n) is 10.0. The van der Waals surface area contributed by atoms with Gasteiger partial charge in [-0.3, -0.25) is 19.7 Å². The van der Waals surface area contributed by atoms with Crippen molar-refractivity contribution in [1.82, 2.24) is 15.1 Å². The Morgan fingerprint density at radius 1 is 1.21 bits per heavy atom. The Kier molecular flexibility index (Phi) is 4.32. The van der Waals surface area contributed by atoms with E-state index in [9.17, 15) is 9.59 Å². The van der Waals surface area contributed by atoms with E-state index in [4.69, 9.17) is 9.47 Å². The van der Waals surface area contributed by atoms with Gasteiger partial charge in [-0.15, -0.1) is 0 Å². The van der Waals surface area contributed by atoms with Crippen molar-refractivity contribution in [3.63, 3.8) is 0 Å². The van der Waals surface area contributed by atoms with Crippen LogP contribution in [0.3, 0.4) is 0 Å². The third-order valence-corrected chi connectivity index (χ3v) is 6.26. The number of ether oxygens (including phenoxy) is 2. The van der Waals surface area contributed by atoms with E-state index in [1.807, 2.05) is 6.07 Å². The molecule has 3 aliphatic rings. The first-order chi connectivity index (χ1) is 14.0. The average Bonchev–Trinajstić information content (AvgIpc) is 3.27. The molecule has 0 atom stereocenters. The number of fused-ring (bicyclic) bond motifs is 1. The molecule has 2 aliphatic heterocycles. The van der Waals surface area contributed by atoms with Crippen molar-refractivity contribution in [2.24, 2.45) is 7.05 Å². The number of urea groups is 1. The number of rotatable bonds is 2. The molecule has 2 saturated heterocycles. The number of hydrogen-bond acceptors (Lipinski definition) is 5. The van der Waals surface area contributed by atoms with Gasteiger partial charge >= 0.3 is 6.03 Å². The molecule has 5 rings (SSSR count). The quantitative estimate of drug-likeness (QED) is 0.835. The summed E-state index contributed by atoms with van der Waals surface area (Å²) in [5, 5.41) is 7.29. The maximum atomic E-state index is 15.1. The zero-order chi connectivity index (χ0) is 20.2. The number of carbonyl (C=O) groups is 2. The zero-order valence-corrected chi connectivity index (χ0v) is 16.2. The zero-order valence-electron chi connectivity index (χ0n) is 16.2. The Labute approximate surface area is 166 Å². The number of hydrogen-bond donors (Lipinski definition) is 1. The van der Waals surface area contributed by atoms with E-state index >= 15 is 4.39 Å².